The lowest BCUT2D eigenvalue weighted by Gasteiger charge is -2.30. The zero-order chi connectivity index (χ0) is 15.7. The lowest BCUT2D eigenvalue weighted by atomic mass is 9.96. The molecule has 0 saturated carbocycles. The topological polar surface area (TPSA) is 96.5 Å². The average molecular weight is 299 g/mol. The van der Waals surface area contributed by atoms with Crippen LogP contribution in [0.1, 0.15) is 23.2 Å². The Morgan fingerprint density at radius 3 is 2.59 bits per heavy atom. The number of carboxylic acid groups (broad SMARTS) is 1. The maximum absolute atomic E-state index is 12.5. The van der Waals surface area contributed by atoms with E-state index in [4.69, 9.17) is 10.8 Å². The minimum absolute atomic E-state index is 0.0684. The van der Waals surface area contributed by atoms with Crippen molar-refractivity contribution in [2.75, 3.05) is 18.8 Å². The monoisotopic (exact) mass is 299 g/mol. The number of aliphatic carboxylic acids is 1. The molecule has 1 saturated heterocycles. The number of hydrogen-bond donors (Lipinski definition) is 2. The summed E-state index contributed by atoms with van der Waals surface area (Å²) in [6, 6.07) is 7.16. The van der Waals surface area contributed by atoms with E-state index in [0.717, 1.165) is 10.8 Å². The number of carbonyl (C=O) groups excluding carboxylic acids is 1. The first-order chi connectivity index (χ1) is 10.5. The molecule has 1 aliphatic heterocycles. The third-order valence-electron chi connectivity index (χ3n) is 4.12. The first-order valence-electron chi connectivity index (χ1n) is 7.22. The summed E-state index contributed by atoms with van der Waals surface area (Å²) in [4.78, 5) is 29.2. The second-order valence-electron chi connectivity index (χ2n) is 5.58. The van der Waals surface area contributed by atoms with E-state index in [-0.39, 0.29) is 11.8 Å². The van der Waals surface area contributed by atoms with Gasteiger partial charge in [-0.25, -0.2) is 4.98 Å². The molecule has 1 fully saturated rings. The number of fused-ring (bicyclic) bond motifs is 1. The smallest absolute Gasteiger partial charge is 0.306 e. The average Bonchev–Trinajstić information content (AvgIpc) is 2.53. The summed E-state index contributed by atoms with van der Waals surface area (Å²) in [5.41, 5.74) is 6.26. The largest absolute Gasteiger partial charge is 0.481 e. The molecule has 0 radical (unpaired) electrons. The van der Waals surface area contributed by atoms with E-state index >= 15 is 0 Å². The number of benzene rings is 1. The summed E-state index contributed by atoms with van der Waals surface area (Å²) >= 11 is 0. The zero-order valence-corrected chi connectivity index (χ0v) is 12.0. The number of carboxylic acids is 1. The number of nitrogens with two attached hydrogens (primary N) is 1. The molecular weight excluding hydrogens is 282 g/mol. The Hall–Kier alpha value is -2.63. The van der Waals surface area contributed by atoms with Crippen LogP contribution >= 0.6 is 0 Å². The third kappa shape index (κ3) is 2.72. The van der Waals surface area contributed by atoms with Crippen LogP contribution in [0, 0.1) is 5.92 Å². The van der Waals surface area contributed by atoms with Gasteiger partial charge in [0.15, 0.2) is 0 Å². The van der Waals surface area contributed by atoms with E-state index in [1.54, 1.807) is 29.3 Å². The SMILES string of the molecule is Nc1cc2cc(C(=O)N3CCC(C(=O)O)CC3)ccc2cn1. The van der Waals surface area contributed by atoms with Gasteiger partial charge < -0.3 is 15.7 Å². The summed E-state index contributed by atoms with van der Waals surface area (Å²) in [5.74, 6) is -0.771. The molecule has 3 N–H and O–H groups in total. The molecule has 0 aliphatic carbocycles. The number of anilines is 1. The molecule has 0 bridgehead atoms. The van der Waals surface area contributed by atoms with Crippen LogP contribution in [0.25, 0.3) is 10.8 Å². The second kappa shape index (κ2) is 5.63. The molecule has 2 heterocycles. The highest BCUT2D eigenvalue weighted by molar-refractivity contribution is 5.98. The summed E-state index contributed by atoms with van der Waals surface area (Å²) in [7, 11) is 0. The van der Waals surface area contributed by atoms with Gasteiger partial charge in [0, 0.05) is 30.2 Å². The molecule has 0 spiro atoms. The number of nitrogens with zero attached hydrogens (tertiary/aromatic N) is 2. The fourth-order valence-corrected chi connectivity index (χ4v) is 2.80. The Morgan fingerprint density at radius 1 is 1.18 bits per heavy atom. The fourth-order valence-electron chi connectivity index (χ4n) is 2.80. The minimum atomic E-state index is -0.777. The van der Waals surface area contributed by atoms with Gasteiger partial charge in [0.2, 0.25) is 0 Å². The molecule has 6 heteroatoms. The van der Waals surface area contributed by atoms with Crippen molar-refractivity contribution in [3.8, 4) is 0 Å². The first kappa shape index (κ1) is 14.3. The Morgan fingerprint density at radius 2 is 1.91 bits per heavy atom. The number of aromatic nitrogens is 1. The van der Waals surface area contributed by atoms with Gasteiger partial charge in [-0.05, 0) is 36.4 Å². The van der Waals surface area contributed by atoms with Crippen LogP contribution in [0.4, 0.5) is 5.82 Å². The van der Waals surface area contributed by atoms with Crippen LogP contribution in [-0.2, 0) is 4.79 Å². The van der Waals surface area contributed by atoms with E-state index in [9.17, 15) is 9.59 Å². The number of hydrogen-bond acceptors (Lipinski definition) is 4. The van der Waals surface area contributed by atoms with Gasteiger partial charge in [0.25, 0.3) is 5.91 Å². The number of amides is 1. The van der Waals surface area contributed by atoms with Gasteiger partial charge in [-0.2, -0.15) is 0 Å². The molecule has 2 aromatic rings. The molecule has 0 unspecified atom stereocenters. The van der Waals surface area contributed by atoms with E-state index in [2.05, 4.69) is 4.98 Å². The van der Waals surface area contributed by atoms with Gasteiger partial charge >= 0.3 is 5.97 Å². The summed E-state index contributed by atoms with van der Waals surface area (Å²) in [6.45, 7) is 0.957. The number of rotatable bonds is 2. The predicted octanol–water partition coefficient (Wildman–Crippen LogP) is 1.75. The first-order valence-corrected chi connectivity index (χ1v) is 7.22. The van der Waals surface area contributed by atoms with Crippen LogP contribution in [-0.4, -0.2) is 40.0 Å². The van der Waals surface area contributed by atoms with Gasteiger partial charge in [-0.15, -0.1) is 0 Å². The zero-order valence-electron chi connectivity index (χ0n) is 12.0. The maximum atomic E-state index is 12.5. The highest BCUT2D eigenvalue weighted by Gasteiger charge is 2.27. The van der Waals surface area contributed by atoms with E-state index in [1.165, 1.54) is 0 Å². The van der Waals surface area contributed by atoms with Crippen molar-refractivity contribution in [3.63, 3.8) is 0 Å². The van der Waals surface area contributed by atoms with Crippen molar-refractivity contribution in [1.29, 1.82) is 0 Å². The molecule has 0 atom stereocenters. The number of likely N-dealkylation sites (tertiary alicyclic amines) is 1. The molecule has 1 amide bonds. The van der Waals surface area contributed by atoms with Crippen LogP contribution in [0.5, 0.6) is 0 Å². The van der Waals surface area contributed by atoms with E-state index in [1.807, 2.05) is 6.07 Å². The standard InChI is InChI=1S/C16H17N3O3/c17-14-8-13-7-11(1-2-12(13)9-18-14)15(20)19-5-3-10(4-6-19)16(21)22/h1-2,7-10H,3-6H2,(H2,17,18)(H,21,22). The molecule has 1 aromatic heterocycles. The fraction of sp³-hybridized carbons (Fsp3) is 0.312. The van der Waals surface area contributed by atoms with Crippen LogP contribution in [0.3, 0.4) is 0 Å². The summed E-state index contributed by atoms with van der Waals surface area (Å²) < 4.78 is 0. The van der Waals surface area contributed by atoms with Crippen LogP contribution in [0.2, 0.25) is 0 Å². The lowest BCUT2D eigenvalue weighted by Crippen LogP contribution is -2.40. The number of piperidine rings is 1. The molecule has 22 heavy (non-hydrogen) atoms. The van der Waals surface area contributed by atoms with Gasteiger partial charge in [0.05, 0.1) is 5.92 Å². The van der Waals surface area contributed by atoms with Crippen molar-refractivity contribution in [2.24, 2.45) is 5.92 Å². The number of carbonyl (C=O) groups is 2. The van der Waals surface area contributed by atoms with Crippen molar-refractivity contribution in [1.82, 2.24) is 9.88 Å². The Bertz CT molecular complexity index is 736. The molecule has 6 nitrogen and oxygen atoms in total. The van der Waals surface area contributed by atoms with Crippen molar-refractivity contribution < 1.29 is 14.7 Å². The van der Waals surface area contributed by atoms with Crippen molar-refractivity contribution in [3.05, 3.63) is 36.0 Å². The number of pyridine rings is 1. The van der Waals surface area contributed by atoms with E-state index < -0.39 is 5.97 Å². The second-order valence-corrected chi connectivity index (χ2v) is 5.58. The highest BCUT2D eigenvalue weighted by atomic mass is 16.4. The number of nitrogen functional groups attached to an aromatic ring is 1. The van der Waals surface area contributed by atoms with Crippen molar-refractivity contribution in [2.45, 2.75) is 12.8 Å². The quantitative estimate of drug-likeness (QED) is 0.880. The molecular formula is C16H17N3O3. The van der Waals surface area contributed by atoms with Crippen LogP contribution in [0.15, 0.2) is 30.5 Å². The van der Waals surface area contributed by atoms with Crippen LogP contribution < -0.4 is 5.73 Å². The molecule has 1 aromatic carbocycles. The van der Waals surface area contributed by atoms with Crippen molar-refractivity contribution >= 4 is 28.5 Å². The van der Waals surface area contributed by atoms with Gasteiger partial charge in [-0.3, -0.25) is 9.59 Å². The molecule has 114 valence electrons. The highest BCUT2D eigenvalue weighted by Crippen LogP contribution is 2.22. The summed E-state index contributed by atoms with van der Waals surface area (Å²) in [6.07, 6.45) is 2.69. The Balaban J connectivity index is 1.79. The Kier molecular flexibility index (Phi) is 3.66. The Labute approximate surface area is 127 Å². The van der Waals surface area contributed by atoms with Gasteiger partial charge in [-0.1, -0.05) is 6.07 Å². The lowest BCUT2D eigenvalue weighted by molar-refractivity contribution is -0.143. The molecule has 3 rings (SSSR count). The van der Waals surface area contributed by atoms with E-state index in [0.29, 0.717) is 37.3 Å². The normalized spacial score (nSPS) is 15.9. The third-order valence-corrected chi connectivity index (χ3v) is 4.12. The van der Waals surface area contributed by atoms with Gasteiger partial charge in [0.1, 0.15) is 5.82 Å². The summed E-state index contributed by atoms with van der Waals surface area (Å²) in [5, 5.41) is 10.8. The minimum Gasteiger partial charge on any atom is -0.481 e. The predicted molar refractivity (Wildman–Crippen MR) is 82.4 cm³/mol. The maximum Gasteiger partial charge on any atom is 0.306 e. The molecule has 1 aliphatic rings.